The lowest BCUT2D eigenvalue weighted by atomic mass is 10.1. The van der Waals surface area contributed by atoms with E-state index in [1.807, 2.05) is 24.3 Å². The predicted molar refractivity (Wildman–Crippen MR) is 76.4 cm³/mol. The van der Waals surface area contributed by atoms with E-state index in [2.05, 4.69) is 24.0 Å². The van der Waals surface area contributed by atoms with Gasteiger partial charge in [-0.25, -0.2) is 0 Å². The Labute approximate surface area is 110 Å². The number of benzene rings is 1. The van der Waals surface area contributed by atoms with Crippen molar-refractivity contribution in [3.63, 3.8) is 0 Å². The summed E-state index contributed by atoms with van der Waals surface area (Å²) >= 11 is 0. The molecule has 0 saturated carbocycles. The molecule has 1 rings (SSSR count). The number of nitrogens with one attached hydrogen (secondary N) is 1. The molecule has 0 aromatic heterocycles. The average molecular weight is 245 g/mol. The van der Waals surface area contributed by atoms with Crippen LogP contribution in [0.1, 0.15) is 37.7 Å². The van der Waals surface area contributed by atoms with Crippen LogP contribution in [0.25, 0.3) is 0 Å². The van der Waals surface area contributed by atoms with E-state index in [-0.39, 0.29) is 0 Å². The van der Waals surface area contributed by atoms with E-state index in [0.29, 0.717) is 18.7 Å². The van der Waals surface area contributed by atoms with Crippen molar-refractivity contribution in [3.8, 4) is 0 Å². The molecule has 2 nitrogen and oxygen atoms in total. The summed E-state index contributed by atoms with van der Waals surface area (Å²) in [6, 6.07) is 10.1. The van der Waals surface area contributed by atoms with E-state index in [0.717, 1.165) is 32.2 Å². The lowest BCUT2D eigenvalue weighted by Gasteiger charge is -2.04. The number of allylic oxidation sites excluding steroid dienone is 1. The maximum atomic E-state index is 11.6. The van der Waals surface area contributed by atoms with Crippen LogP contribution < -0.4 is 5.32 Å². The van der Waals surface area contributed by atoms with Crippen molar-refractivity contribution in [3.05, 3.63) is 48.6 Å². The average Bonchev–Trinajstić information content (AvgIpc) is 2.40. The third-order valence-electron chi connectivity index (χ3n) is 2.86. The fourth-order valence-corrected chi connectivity index (χ4v) is 1.82. The zero-order valence-electron chi connectivity index (χ0n) is 11.0. The van der Waals surface area contributed by atoms with Gasteiger partial charge in [-0.1, -0.05) is 42.8 Å². The summed E-state index contributed by atoms with van der Waals surface area (Å²) in [6.45, 7) is 4.94. The minimum absolute atomic E-state index is 0.310. The SMILES string of the molecule is C=CCCCCCC(=O)CNCc1ccccc1. The first-order valence-electron chi connectivity index (χ1n) is 6.70. The number of hydrogen-bond donors (Lipinski definition) is 1. The van der Waals surface area contributed by atoms with E-state index in [1.54, 1.807) is 0 Å². The molecule has 0 bridgehead atoms. The summed E-state index contributed by atoms with van der Waals surface area (Å²) in [5.41, 5.74) is 1.22. The molecule has 0 atom stereocenters. The molecule has 0 spiro atoms. The van der Waals surface area contributed by atoms with Crippen molar-refractivity contribution in [2.45, 2.75) is 38.6 Å². The zero-order valence-corrected chi connectivity index (χ0v) is 11.0. The Hall–Kier alpha value is -1.41. The minimum Gasteiger partial charge on any atom is -0.306 e. The molecule has 0 saturated heterocycles. The number of rotatable bonds is 10. The van der Waals surface area contributed by atoms with Crippen LogP contribution >= 0.6 is 0 Å². The van der Waals surface area contributed by atoms with Gasteiger partial charge in [0.05, 0.1) is 6.54 Å². The van der Waals surface area contributed by atoms with Gasteiger partial charge in [0, 0.05) is 13.0 Å². The van der Waals surface area contributed by atoms with Crippen molar-refractivity contribution in [1.82, 2.24) is 5.32 Å². The largest absolute Gasteiger partial charge is 0.306 e. The predicted octanol–water partition coefficient (Wildman–Crippen LogP) is 3.48. The van der Waals surface area contributed by atoms with E-state index in [1.165, 1.54) is 5.56 Å². The first-order valence-corrected chi connectivity index (χ1v) is 6.70. The molecule has 18 heavy (non-hydrogen) atoms. The highest BCUT2D eigenvalue weighted by molar-refractivity contribution is 5.80. The maximum Gasteiger partial charge on any atom is 0.146 e. The van der Waals surface area contributed by atoms with Gasteiger partial charge in [0.2, 0.25) is 0 Å². The van der Waals surface area contributed by atoms with Crippen molar-refractivity contribution in [2.75, 3.05) is 6.54 Å². The smallest absolute Gasteiger partial charge is 0.146 e. The summed E-state index contributed by atoms with van der Waals surface area (Å²) in [4.78, 5) is 11.6. The highest BCUT2D eigenvalue weighted by Gasteiger charge is 2.01. The van der Waals surface area contributed by atoms with E-state index in [4.69, 9.17) is 0 Å². The van der Waals surface area contributed by atoms with Crippen LogP contribution in [-0.4, -0.2) is 12.3 Å². The Kier molecular flexibility index (Phi) is 7.82. The second kappa shape index (κ2) is 9.60. The van der Waals surface area contributed by atoms with E-state index < -0.39 is 0 Å². The molecule has 98 valence electrons. The summed E-state index contributed by atoms with van der Waals surface area (Å²) < 4.78 is 0. The molecule has 0 radical (unpaired) electrons. The van der Waals surface area contributed by atoms with Crippen molar-refractivity contribution >= 4 is 5.78 Å². The van der Waals surface area contributed by atoms with Crippen molar-refractivity contribution < 1.29 is 4.79 Å². The lowest BCUT2D eigenvalue weighted by molar-refractivity contribution is -0.118. The second-order valence-corrected chi connectivity index (χ2v) is 4.52. The minimum atomic E-state index is 0.310. The monoisotopic (exact) mass is 245 g/mol. The third-order valence-corrected chi connectivity index (χ3v) is 2.86. The van der Waals surface area contributed by atoms with Crippen LogP contribution in [0.2, 0.25) is 0 Å². The Morgan fingerprint density at radius 2 is 1.94 bits per heavy atom. The molecule has 0 amide bonds. The Morgan fingerprint density at radius 3 is 2.67 bits per heavy atom. The maximum absolute atomic E-state index is 11.6. The Balaban J connectivity index is 2.01. The van der Waals surface area contributed by atoms with Gasteiger partial charge >= 0.3 is 0 Å². The molecule has 1 aromatic rings. The Morgan fingerprint density at radius 1 is 1.17 bits per heavy atom. The fourth-order valence-electron chi connectivity index (χ4n) is 1.82. The van der Waals surface area contributed by atoms with Crippen molar-refractivity contribution in [2.24, 2.45) is 0 Å². The van der Waals surface area contributed by atoms with E-state index in [9.17, 15) is 4.79 Å². The van der Waals surface area contributed by atoms with Crippen LogP contribution in [0.4, 0.5) is 0 Å². The normalized spacial score (nSPS) is 10.2. The van der Waals surface area contributed by atoms with Gasteiger partial charge in [-0.15, -0.1) is 6.58 Å². The van der Waals surface area contributed by atoms with Crippen molar-refractivity contribution in [1.29, 1.82) is 0 Å². The topological polar surface area (TPSA) is 29.1 Å². The molecule has 0 aliphatic heterocycles. The third kappa shape index (κ3) is 7.02. The summed E-state index contributed by atoms with van der Waals surface area (Å²) in [5.74, 6) is 0.310. The van der Waals surface area contributed by atoms with Crippen LogP contribution in [0.15, 0.2) is 43.0 Å². The van der Waals surface area contributed by atoms with Gasteiger partial charge < -0.3 is 5.32 Å². The molecular weight excluding hydrogens is 222 g/mol. The lowest BCUT2D eigenvalue weighted by Crippen LogP contribution is -2.22. The highest BCUT2D eigenvalue weighted by atomic mass is 16.1. The standard InChI is InChI=1S/C16H23NO/c1-2-3-4-5-9-12-16(18)14-17-13-15-10-7-6-8-11-15/h2,6-8,10-11,17H,1,3-5,9,12-14H2. The summed E-state index contributed by atoms with van der Waals surface area (Å²) in [5, 5.41) is 3.19. The molecule has 1 N–H and O–H groups in total. The number of carbonyl (C=O) groups is 1. The van der Waals surface area contributed by atoms with Gasteiger partial charge in [-0.2, -0.15) is 0 Å². The van der Waals surface area contributed by atoms with E-state index >= 15 is 0 Å². The first-order chi connectivity index (χ1) is 8.83. The zero-order chi connectivity index (χ0) is 13.1. The molecule has 2 heteroatoms. The van der Waals surface area contributed by atoms with Gasteiger partial charge in [0.1, 0.15) is 5.78 Å². The van der Waals surface area contributed by atoms with Crippen LogP contribution in [-0.2, 0) is 11.3 Å². The number of unbranched alkanes of at least 4 members (excludes halogenated alkanes) is 3. The van der Waals surface area contributed by atoms with Gasteiger partial charge in [0.25, 0.3) is 0 Å². The highest BCUT2D eigenvalue weighted by Crippen LogP contribution is 2.03. The summed E-state index contributed by atoms with van der Waals surface area (Å²) in [7, 11) is 0. The quantitative estimate of drug-likeness (QED) is 0.505. The number of Topliss-reactive ketones (excluding diaryl/α,β-unsaturated/α-hetero) is 1. The van der Waals surface area contributed by atoms with Gasteiger partial charge in [-0.3, -0.25) is 4.79 Å². The molecule has 0 aliphatic rings. The number of ketones is 1. The Bertz CT molecular complexity index is 345. The number of hydrogen-bond acceptors (Lipinski definition) is 2. The van der Waals surface area contributed by atoms with Gasteiger partial charge in [0.15, 0.2) is 0 Å². The number of carbonyl (C=O) groups excluding carboxylic acids is 1. The second-order valence-electron chi connectivity index (χ2n) is 4.52. The molecular formula is C16H23NO. The molecule has 0 unspecified atom stereocenters. The van der Waals surface area contributed by atoms with Crippen LogP contribution in [0.3, 0.4) is 0 Å². The summed E-state index contributed by atoms with van der Waals surface area (Å²) in [6.07, 6.45) is 6.95. The van der Waals surface area contributed by atoms with Crippen LogP contribution in [0, 0.1) is 0 Å². The molecule has 0 aliphatic carbocycles. The molecule has 0 fully saturated rings. The first kappa shape index (κ1) is 14.7. The van der Waals surface area contributed by atoms with Crippen LogP contribution in [0.5, 0.6) is 0 Å². The van der Waals surface area contributed by atoms with Gasteiger partial charge in [-0.05, 0) is 24.8 Å². The fraction of sp³-hybridized carbons (Fsp3) is 0.438. The molecule has 0 heterocycles. The molecule has 1 aromatic carbocycles.